The molecule has 0 aliphatic rings. The van der Waals surface area contributed by atoms with E-state index >= 15 is 0 Å². The molecule has 0 unspecified atom stereocenters. The molecule has 0 atom stereocenters. The zero-order valence-corrected chi connectivity index (χ0v) is 15.5. The lowest BCUT2D eigenvalue weighted by atomic mass is 10.0. The van der Waals surface area contributed by atoms with Gasteiger partial charge >= 0.3 is 0 Å². The maximum absolute atomic E-state index is 12.0. The summed E-state index contributed by atoms with van der Waals surface area (Å²) < 4.78 is 5.18. The summed E-state index contributed by atoms with van der Waals surface area (Å²) in [6.07, 6.45) is 1.57. The average molecular weight is 365 g/mol. The van der Waals surface area contributed by atoms with Crippen molar-refractivity contribution in [2.24, 2.45) is 0 Å². The van der Waals surface area contributed by atoms with E-state index < -0.39 is 0 Å². The molecule has 132 valence electrons. The van der Waals surface area contributed by atoms with E-state index in [2.05, 4.69) is 42.4 Å². The number of furan rings is 1. The van der Waals surface area contributed by atoms with Crippen LogP contribution in [0.5, 0.6) is 0 Å². The van der Waals surface area contributed by atoms with Crippen molar-refractivity contribution in [3.63, 3.8) is 0 Å². The number of pyridine rings is 1. The Morgan fingerprint density at radius 2 is 2.19 bits per heavy atom. The number of carbonyl (C=O) groups excluding carboxylic acids is 1. The number of rotatable bonds is 6. The van der Waals surface area contributed by atoms with Gasteiger partial charge in [-0.05, 0) is 41.8 Å². The van der Waals surface area contributed by atoms with E-state index in [9.17, 15) is 10.1 Å². The number of hydrogen-bond acceptors (Lipinski definition) is 5. The van der Waals surface area contributed by atoms with Gasteiger partial charge in [0.1, 0.15) is 16.9 Å². The first-order chi connectivity index (χ1) is 12.6. The van der Waals surface area contributed by atoms with E-state index in [1.165, 1.54) is 17.3 Å². The summed E-state index contributed by atoms with van der Waals surface area (Å²) in [5, 5.41) is 13.7. The molecule has 0 bridgehead atoms. The third-order valence-electron chi connectivity index (χ3n) is 3.97. The molecule has 26 heavy (non-hydrogen) atoms. The molecule has 1 N–H and O–H groups in total. The Labute approximate surface area is 156 Å². The van der Waals surface area contributed by atoms with Crippen LogP contribution in [-0.2, 0) is 11.3 Å². The monoisotopic (exact) mass is 365 g/mol. The second-order valence-corrected chi connectivity index (χ2v) is 7.17. The van der Waals surface area contributed by atoms with Gasteiger partial charge in [0.15, 0.2) is 0 Å². The van der Waals surface area contributed by atoms with Crippen molar-refractivity contribution in [1.82, 2.24) is 10.3 Å². The van der Waals surface area contributed by atoms with E-state index in [0.29, 0.717) is 28.8 Å². The normalized spacial score (nSPS) is 10.8. The number of fused-ring (bicyclic) bond motifs is 1. The van der Waals surface area contributed by atoms with Crippen LogP contribution in [0.2, 0.25) is 0 Å². The molecule has 5 nitrogen and oxygen atoms in total. The summed E-state index contributed by atoms with van der Waals surface area (Å²) >= 11 is 1.27. The molecule has 0 aliphatic carbocycles. The van der Waals surface area contributed by atoms with E-state index in [4.69, 9.17) is 4.42 Å². The number of carbonyl (C=O) groups is 1. The Balaban J connectivity index is 1.71. The summed E-state index contributed by atoms with van der Waals surface area (Å²) in [5.74, 6) is 1.17. The average Bonchev–Trinajstić information content (AvgIpc) is 3.16. The molecule has 6 heteroatoms. The summed E-state index contributed by atoms with van der Waals surface area (Å²) in [6.45, 7) is 4.61. The topological polar surface area (TPSA) is 78.9 Å². The largest absolute Gasteiger partial charge is 0.467 e. The molecule has 0 saturated carbocycles. The first-order valence-corrected chi connectivity index (χ1v) is 9.32. The van der Waals surface area contributed by atoms with E-state index in [1.807, 2.05) is 12.1 Å². The number of thioether (sulfide) groups is 1. The zero-order valence-electron chi connectivity index (χ0n) is 14.7. The van der Waals surface area contributed by atoms with Gasteiger partial charge in [0.25, 0.3) is 0 Å². The van der Waals surface area contributed by atoms with Crippen LogP contribution >= 0.6 is 11.8 Å². The van der Waals surface area contributed by atoms with Gasteiger partial charge in [0.2, 0.25) is 5.91 Å². The van der Waals surface area contributed by atoms with Gasteiger partial charge in [0, 0.05) is 5.39 Å². The van der Waals surface area contributed by atoms with Gasteiger partial charge in [-0.3, -0.25) is 4.79 Å². The quantitative estimate of drug-likeness (QED) is 0.661. The minimum Gasteiger partial charge on any atom is -0.467 e. The van der Waals surface area contributed by atoms with Crippen LogP contribution < -0.4 is 5.32 Å². The number of nitrogens with zero attached hydrogens (tertiary/aromatic N) is 2. The van der Waals surface area contributed by atoms with E-state index in [1.54, 1.807) is 18.4 Å². The molecule has 1 aromatic carbocycles. The number of amides is 1. The van der Waals surface area contributed by atoms with Crippen LogP contribution in [0.15, 0.2) is 52.1 Å². The molecule has 2 heterocycles. The smallest absolute Gasteiger partial charge is 0.230 e. The van der Waals surface area contributed by atoms with Crippen LogP contribution in [0.3, 0.4) is 0 Å². The van der Waals surface area contributed by atoms with Crippen LogP contribution in [-0.4, -0.2) is 16.6 Å². The van der Waals surface area contributed by atoms with Crippen LogP contribution in [0.25, 0.3) is 10.9 Å². The molecule has 1 amide bonds. The first kappa shape index (κ1) is 18.0. The summed E-state index contributed by atoms with van der Waals surface area (Å²) in [6, 6.07) is 13.7. The second kappa shape index (κ2) is 8.07. The molecule has 0 saturated heterocycles. The fourth-order valence-corrected chi connectivity index (χ4v) is 3.30. The lowest BCUT2D eigenvalue weighted by molar-refractivity contribution is -0.118. The maximum atomic E-state index is 12.0. The van der Waals surface area contributed by atoms with Crippen LogP contribution in [0.4, 0.5) is 0 Å². The molecule has 3 aromatic rings. The van der Waals surface area contributed by atoms with E-state index in [-0.39, 0.29) is 11.7 Å². The minimum absolute atomic E-state index is 0.132. The zero-order chi connectivity index (χ0) is 18.5. The Kier molecular flexibility index (Phi) is 5.59. The molecular formula is C20H19N3O2S. The molecule has 3 rings (SSSR count). The number of nitrogens with one attached hydrogen (secondary N) is 1. The van der Waals surface area contributed by atoms with Crippen molar-refractivity contribution in [1.29, 1.82) is 5.26 Å². The third-order valence-corrected chi connectivity index (χ3v) is 4.96. The minimum atomic E-state index is -0.132. The number of hydrogen-bond donors (Lipinski definition) is 1. The maximum Gasteiger partial charge on any atom is 0.230 e. The van der Waals surface area contributed by atoms with Gasteiger partial charge in [-0.2, -0.15) is 5.26 Å². The van der Waals surface area contributed by atoms with Gasteiger partial charge in [-0.25, -0.2) is 4.98 Å². The van der Waals surface area contributed by atoms with Gasteiger partial charge in [-0.1, -0.05) is 31.7 Å². The highest BCUT2D eigenvalue weighted by atomic mass is 32.2. The predicted molar refractivity (Wildman–Crippen MR) is 102 cm³/mol. The lowest BCUT2D eigenvalue weighted by Gasteiger charge is -2.09. The van der Waals surface area contributed by atoms with Crippen molar-refractivity contribution < 1.29 is 9.21 Å². The molecule has 0 fully saturated rings. The standard InChI is InChI=1S/C20H19N3O2S/c1-13(2)14-5-6-18-15(8-14)9-16(10-21)20(23-18)26-12-19(24)22-11-17-4-3-7-25-17/h3-9,13H,11-12H2,1-2H3,(H,22,24). The second-order valence-electron chi connectivity index (χ2n) is 6.20. The summed E-state index contributed by atoms with van der Waals surface area (Å²) in [7, 11) is 0. The Hall–Kier alpha value is -2.78. The van der Waals surface area contributed by atoms with Crippen molar-refractivity contribution in [3.8, 4) is 6.07 Å². The Morgan fingerprint density at radius 1 is 1.35 bits per heavy atom. The SMILES string of the molecule is CC(C)c1ccc2nc(SCC(=O)NCc3ccco3)c(C#N)cc2c1. The highest BCUT2D eigenvalue weighted by Gasteiger charge is 2.11. The first-order valence-electron chi connectivity index (χ1n) is 8.33. The third kappa shape index (κ3) is 4.24. The summed E-state index contributed by atoms with van der Waals surface area (Å²) in [5.41, 5.74) is 2.52. The van der Waals surface area contributed by atoms with Crippen molar-refractivity contribution in [3.05, 3.63) is 59.5 Å². The molecule has 0 radical (unpaired) electrons. The number of nitriles is 1. The van der Waals surface area contributed by atoms with Gasteiger partial charge < -0.3 is 9.73 Å². The van der Waals surface area contributed by atoms with E-state index in [0.717, 1.165) is 10.9 Å². The Bertz CT molecular complexity index is 959. The molecule has 0 spiro atoms. The highest BCUT2D eigenvalue weighted by molar-refractivity contribution is 8.00. The van der Waals surface area contributed by atoms with Crippen molar-refractivity contribution >= 4 is 28.6 Å². The van der Waals surface area contributed by atoms with Gasteiger partial charge in [0.05, 0.1) is 29.6 Å². The van der Waals surface area contributed by atoms with Crippen molar-refractivity contribution in [2.75, 3.05) is 5.75 Å². The predicted octanol–water partition coefficient (Wildman–Crippen LogP) is 4.23. The number of aromatic nitrogens is 1. The fourth-order valence-electron chi connectivity index (χ4n) is 2.51. The van der Waals surface area contributed by atoms with Crippen molar-refractivity contribution in [2.45, 2.75) is 31.3 Å². The molecular weight excluding hydrogens is 346 g/mol. The number of benzene rings is 1. The van der Waals surface area contributed by atoms with Crippen LogP contribution in [0, 0.1) is 11.3 Å². The highest BCUT2D eigenvalue weighted by Crippen LogP contribution is 2.27. The molecule has 2 aromatic heterocycles. The molecule has 0 aliphatic heterocycles. The Morgan fingerprint density at radius 3 is 2.88 bits per heavy atom. The van der Waals surface area contributed by atoms with Crippen LogP contribution in [0.1, 0.15) is 36.7 Å². The lowest BCUT2D eigenvalue weighted by Crippen LogP contribution is -2.24. The summed E-state index contributed by atoms with van der Waals surface area (Å²) in [4.78, 5) is 16.6. The van der Waals surface area contributed by atoms with Gasteiger partial charge in [-0.15, -0.1) is 0 Å². The fraction of sp³-hybridized carbons (Fsp3) is 0.250.